The van der Waals surface area contributed by atoms with Crippen LogP contribution in [0, 0.1) is 0 Å². The van der Waals surface area contributed by atoms with Crippen molar-refractivity contribution in [3.8, 4) is 0 Å². The lowest BCUT2D eigenvalue weighted by molar-refractivity contribution is 0.0520. The molecule has 0 radical (unpaired) electrons. The molecule has 1 unspecified atom stereocenters. The summed E-state index contributed by atoms with van der Waals surface area (Å²) in [5.41, 5.74) is 0.316. The number of hydrogen-bond acceptors (Lipinski definition) is 6. The third kappa shape index (κ3) is 4.82. The van der Waals surface area contributed by atoms with Crippen molar-refractivity contribution in [2.75, 3.05) is 30.0 Å². The van der Waals surface area contributed by atoms with Gasteiger partial charge in [0.1, 0.15) is 0 Å². The Bertz CT molecular complexity index is 393. The van der Waals surface area contributed by atoms with E-state index in [-0.39, 0.29) is 0 Å². The summed E-state index contributed by atoms with van der Waals surface area (Å²) in [7, 11) is -0.783. The summed E-state index contributed by atoms with van der Waals surface area (Å²) in [5.74, 6) is 0.840. The van der Waals surface area contributed by atoms with Crippen LogP contribution in [0.15, 0.2) is 5.38 Å². The van der Waals surface area contributed by atoms with Crippen molar-refractivity contribution < 1.29 is 13.7 Å². The molecular formula is C10H16N2O3S2. The highest BCUT2D eigenvalue weighted by molar-refractivity contribution is 7.84. The van der Waals surface area contributed by atoms with E-state index in [9.17, 15) is 9.00 Å². The number of nitrogens with one attached hydrogen (secondary N) is 1. The zero-order chi connectivity index (χ0) is 12.7. The first-order chi connectivity index (χ1) is 8.17. The molecule has 0 saturated carbocycles. The summed E-state index contributed by atoms with van der Waals surface area (Å²) in [6.07, 6.45) is 0. The standard InChI is InChI=1S/C10H16N2O3S2/c1-3-15-9(13)8-7-16-10(12-8)11-5-6-17(14)4-2/h7H,3-6H2,1-2H3,(H,11,12). The number of ether oxygens (including phenoxy) is 1. The highest BCUT2D eigenvalue weighted by Gasteiger charge is 2.11. The topological polar surface area (TPSA) is 68.3 Å². The Hall–Kier alpha value is -0.950. The second-order valence-electron chi connectivity index (χ2n) is 3.12. The number of hydrogen-bond donors (Lipinski definition) is 1. The van der Waals surface area contributed by atoms with Gasteiger partial charge in [-0.05, 0) is 6.92 Å². The zero-order valence-electron chi connectivity index (χ0n) is 9.89. The summed E-state index contributed by atoms with van der Waals surface area (Å²) >= 11 is 1.34. The number of thiazole rings is 1. The van der Waals surface area contributed by atoms with Gasteiger partial charge in [0, 0.05) is 34.2 Å². The molecule has 0 spiro atoms. The number of nitrogens with zero attached hydrogens (tertiary/aromatic N) is 1. The molecule has 0 amide bonds. The number of aromatic nitrogens is 1. The van der Waals surface area contributed by atoms with Gasteiger partial charge in [-0.2, -0.15) is 0 Å². The van der Waals surface area contributed by atoms with Gasteiger partial charge in [0.05, 0.1) is 6.61 Å². The van der Waals surface area contributed by atoms with E-state index in [4.69, 9.17) is 4.74 Å². The van der Waals surface area contributed by atoms with Crippen molar-refractivity contribution in [2.45, 2.75) is 13.8 Å². The van der Waals surface area contributed by atoms with Crippen LogP contribution in [-0.4, -0.2) is 39.8 Å². The second-order valence-corrected chi connectivity index (χ2v) is 5.84. The third-order valence-electron chi connectivity index (χ3n) is 1.92. The zero-order valence-corrected chi connectivity index (χ0v) is 11.5. The number of carbonyl (C=O) groups is 1. The van der Waals surface area contributed by atoms with Crippen molar-refractivity contribution in [3.05, 3.63) is 11.1 Å². The highest BCUT2D eigenvalue weighted by Crippen LogP contribution is 2.15. The molecule has 5 nitrogen and oxygen atoms in total. The fourth-order valence-corrected chi connectivity index (χ4v) is 2.40. The van der Waals surface area contributed by atoms with Crippen LogP contribution < -0.4 is 5.32 Å². The number of rotatable bonds is 7. The number of carbonyl (C=O) groups excluding carboxylic acids is 1. The SMILES string of the molecule is CCOC(=O)c1csc(NCCS(=O)CC)n1. The molecule has 96 valence electrons. The molecule has 1 aromatic rings. The van der Waals surface area contributed by atoms with Gasteiger partial charge in [-0.25, -0.2) is 9.78 Å². The monoisotopic (exact) mass is 276 g/mol. The lowest BCUT2D eigenvalue weighted by atomic mass is 10.5. The van der Waals surface area contributed by atoms with E-state index >= 15 is 0 Å². The Balaban J connectivity index is 2.40. The minimum Gasteiger partial charge on any atom is -0.461 e. The summed E-state index contributed by atoms with van der Waals surface area (Å²) in [6, 6.07) is 0. The van der Waals surface area contributed by atoms with Crippen LogP contribution >= 0.6 is 11.3 Å². The molecule has 0 aliphatic rings. The molecule has 0 bridgehead atoms. The molecule has 1 aromatic heterocycles. The van der Waals surface area contributed by atoms with Gasteiger partial charge in [-0.15, -0.1) is 11.3 Å². The van der Waals surface area contributed by atoms with E-state index in [1.165, 1.54) is 11.3 Å². The average molecular weight is 276 g/mol. The molecule has 17 heavy (non-hydrogen) atoms. The Morgan fingerprint density at radius 3 is 3.00 bits per heavy atom. The Morgan fingerprint density at radius 1 is 1.59 bits per heavy atom. The lowest BCUT2D eigenvalue weighted by Crippen LogP contribution is -2.12. The first kappa shape index (κ1) is 14.1. The van der Waals surface area contributed by atoms with Crippen LogP contribution in [0.4, 0.5) is 5.13 Å². The molecule has 1 heterocycles. The fourth-order valence-electron chi connectivity index (χ4n) is 1.07. The van der Waals surface area contributed by atoms with Crippen LogP contribution in [0.5, 0.6) is 0 Å². The van der Waals surface area contributed by atoms with Crippen molar-refractivity contribution in [1.29, 1.82) is 0 Å². The minimum absolute atomic E-state index is 0.316. The Labute approximate surface area is 107 Å². The molecule has 0 fully saturated rings. The largest absolute Gasteiger partial charge is 0.461 e. The molecule has 0 aromatic carbocycles. The summed E-state index contributed by atoms with van der Waals surface area (Å²) < 4.78 is 16.0. The van der Waals surface area contributed by atoms with E-state index < -0.39 is 16.8 Å². The molecular weight excluding hydrogens is 260 g/mol. The maximum absolute atomic E-state index is 11.3. The van der Waals surface area contributed by atoms with Crippen LogP contribution in [0.2, 0.25) is 0 Å². The van der Waals surface area contributed by atoms with Crippen LogP contribution in [0.3, 0.4) is 0 Å². The molecule has 1 N–H and O–H groups in total. The first-order valence-corrected chi connectivity index (χ1v) is 7.75. The van der Waals surface area contributed by atoms with E-state index in [0.717, 1.165) is 0 Å². The molecule has 0 aliphatic heterocycles. The Kier molecular flexibility index (Phi) is 6.13. The second kappa shape index (κ2) is 7.39. The molecule has 1 rings (SSSR count). The molecule has 1 atom stereocenters. The fraction of sp³-hybridized carbons (Fsp3) is 0.600. The van der Waals surface area contributed by atoms with E-state index in [2.05, 4.69) is 10.3 Å². The van der Waals surface area contributed by atoms with Gasteiger partial charge in [-0.1, -0.05) is 6.92 Å². The quantitative estimate of drug-likeness (QED) is 0.764. The summed E-state index contributed by atoms with van der Waals surface area (Å²) in [4.78, 5) is 15.4. The Morgan fingerprint density at radius 2 is 2.35 bits per heavy atom. The van der Waals surface area contributed by atoms with Gasteiger partial charge < -0.3 is 10.1 Å². The third-order valence-corrected chi connectivity index (χ3v) is 4.02. The van der Waals surface area contributed by atoms with Crippen molar-refractivity contribution in [1.82, 2.24) is 4.98 Å². The van der Waals surface area contributed by atoms with E-state index in [1.807, 2.05) is 6.92 Å². The number of anilines is 1. The van der Waals surface area contributed by atoms with Crippen LogP contribution in [-0.2, 0) is 15.5 Å². The smallest absolute Gasteiger partial charge is 0.357 e. The maximum atomic E-state index is 11.3. The van der Waals surface area contributed by atoms with Crippen LogP contribution in [0.1, 0.15) is 24.3 Å². The van der Waals surface area contributed by atoms with Crippen molar-refractivity contribution in [2.24, 2.45) is 0 Å². The van der Waals surface area contributed by atoms with Gasteiger partial charge in [0.25, 0.3) is 0 Å². The highest BCUT2D eigenvalue weighted by atomic mass is 32.2. The molecule has 0 saturated heterocycles. The molecule has 7 heteroatoms. The summed E-state index contributed by atoms with van der Waals surface area (Å²) in [6.45, 7) is 4.58. The van der Waals surface area contributed by atoms with Crippen molar-refractivity contribution >= 4 is 33.2 Å². The first-order valence-electron chi connectivity index (χ1n) is 5.38. The lowest BCUT2D eigenvalue weighted by Gasteiger charge is -2.01. The van der Waals surface area contributed by atoms with E-state index in [1.54, 1.807) is 12.3 Å². The summed E-state index contributed by atoms with van der Waals surface area (Å²) in [5, 5.41) is 5.34. The minimum atomic E-state index is -0.783. The van der Waals surface area contributed by atoms with Gasteiger partial charge in [-0.3, -0.25) is 4.21 Å². The van der Waals surface area contributed by atoms with Crippen LogP contribution in [0.25, 0.3) is 0 Å². The number of esters is 1. The van der Waals surface area contributed by atoms with E-state index in [0.29, 0.717) is 35.5 Å². The molecule has 0 aliphatic carbocycles. The predicted octanol–water partition coefficient (Wildman–Crippen LogP) is 1.50. The van der Waals surface area contributed by atoms with Crippen molar-refractivity contribution in [3.63, 3.8) is 0 Å². The van der Waals surface area contributed by atoms with Gasteiger partial charge >= 0.3 is 5.97 Å². The van der Waals surface area contributed by atoms with Gasteiger partial charge in [0.15, 0.2) is 10.8 Å². The maximum Gasteiger partial charge on any atom is 0.357 e. The predicted molar refractivity (Wildman–Crippen MR) is 70.1 cm³/mol. The van der Waals surface area contributed by atoms with Gasteiger partial charge in [0.2, 0.25) is 0 Å². The normalized spacial score (nSPS) is 12.1. The average Bonchev–Trinajstić information content (AvgIpc) is 2.78.